The Morgan fingerprint density at radius 3 is 2.16 bits per heavy atom. The number of aromatic nitrogens is 1. The van der Waals surface area contributed by atoms with Crippen LogP contribution >= 0.6 is 0 Å². The van der Waals surface area contributed by atoms with Gasteiger partial charge in [0.1, 0.15) is 0 Å². The van der Waals surface area contributed by atoms with Crippen molar-refractivity contribution < 1.29 is 23.0 Å². The lowest BCUT2D eigenvalue weighted by atomic mass is 10.1. The molecule has 1 heterocycles. The molecule has 1 aromatic heterocycles. The molecule has 9 nitrogen and oxygen atoms in total. The predicted octanol–water partition coefficient (Wildman–Crippen LogP) is 3.36. The number of hydrogen-bond donors (Lipinski definition) is 1. The highest BCUT2D eigenvalue weighted by Gasteiger charge is 2.37. The van der Waals surface area contributed by atoms with Gasteiger partial charge in [-0.1, -0.05) is 6.07 Å². The molecule has 12 heteroatoms. The zero-order valence-electron chi connectivity index (χ0n) is 12.1. The highest BCUT2D eigenvalue weighted by atomic mass is 19.4. The van der Waals surface area contributed by atoms with Crippen molar-refractivity contribution in [3.63, 3.8) is 0 Å². The molecule has 0 saturated carbocycles. The highest BCUT2D eigenvalue weighted by molar-refractivity contribution is 5.80. The van der Waals surface area contributed by atoms with E-state index in [4.69, 9.17) is 0 Å². The summed E-state index contributed by atoms with van der Waals surface area (Å²) in [6, 6.07) is 5.17. The van der Waals surface area contributed by atoms with Gasteiger partial charge in [0.25, 0.3) is 0 Å². The minimum atomic E-state index is -4.98. The number of rotatable bonds is 5. The van der Waals surface area contributed by atoms with Gasteiger partial charge >= 0.3 is 17.6 Å². The van der Waals surface area contributed by atoms with Gasteiger partial charge in [0.15, 0.2) is 0 Å². The minimum absolute atomic E-state index is 0.200. The van der Waals surface area contributed by atoms with E-state index in [0.717, 1.165) is 6.21 Å². The summed E-state index contributed by atoms with van der Waals surface area (Å²) in [5.41, 5.74) is -2.15. The normalized spacial score (nSPS) is 11.5. The molecule has 0 bridgehead atoms. The largest absolute Gasteiger partial charge is 0.416 e. The third-order valence-electron chi connectivity index (χ3n) is 2.88. The van der Waals surface area contributed by atoms with Gasteiger partial charge < -0.3 is 0 Å². The van der Waals surface area contributed by atoms with Crippen LogP contribution in [0.5, 0.6) is 0 Å². The zero-order chi connectivity index (χ0) is 18.6. The average Bonchev–Trinajstić information content (AvgIpc) is 2.54. The third kappa shape index (κ3) is 4.25. The fourth-order valence-electron chi connectivity index (χ4n) is 1.79. The molecule has 130 valence electrons. The molecule has 0 unspecified atom stereocenters. The first-order chi connectivity index (χ1) is 11.7. The van der Waals surface area contributed by atoms with Gasteiger partial charge in [0.05, 0.1) is 27.3 Å². The molecule has 1 aromatic carbocycles. The van der Waals surface area contributed by atoms with E-state index < -0.39 is 38.6 Å². The van der Waals surface area contributed by atoms with Gasteiger partial charge in [-0.25, -0.2) is 0 Å². The van der Waals surface area contributed by atoms with Crippen LogP contribution in [-0.2, 0) is 6.18 Å². The molecule has 0 aliphatic rings. The van der Waals surface area contributed by atoms with Crippen LogP contribution in [0, 0.1) is 20.2 Å². The quantitative estimate of drug-likeness (QED) is 0.498. The first-order valence-corrected chi connectivity index (χ1v) is 6.44. The Bertz CT molecular complexity index is 804. The molecule has 0 fully saturated rings. The summed E-state index contributed by atoms with van der Waals surface area (Å²) < 4.78 is 38.3. The maximum atomic E-state index is 12.8. The highest BCUT2D eigenvalue weighted by Crippen LogP contribution is 2.41. The molecule has 0 aliphatic carbocycles. The second kappa shape index (κ2) is 6.90. The summed E-state index contributed by atoms with van der Waals surface area (Å²) in [4.78, 5) is 23.6. The number of hydrogen-bond acceptors (Lipinski definition) is 7. The molecule has 0 radical (unpaired) electrons. The number of hydrazone groups is 1. The van der Waals surface area contributed by atoms with Gasteiger partial charge in [-0.2, -0.15) is 18.3 Å². The molecule has 2 aromatic rings. The topological polar surface area (TPSA) is 124 Å². The van der Waals surface area contributed by atoms with Crippen LogP contribution in [-0.4, -0.2) is 21.0 Å². The molecular formula is C13H8F3N5O4. The van der Waals surface area contributed by atoms with Crippen molar-refractivity contribution in [3.05, 3.63) is 68.0 Å². The van der Waals surface area contributed by atoms with E-state index >= 15 is 0 Å². The lowest BCUT2D eigenvalue weighted by molar-refractivity contribution is -0.392. The Morgan fingerprint density at radius 2 is 1.72 bits per heavy atom. The summed E-state index contributed by atoms with van der Waals surface area (Å²) in [5.74, 6) is 0. The summed E-state index contributed by atoms with van der Waals surface area (Å²) in [7, 11) is 0. The van der Waals surface area contributed by atoms with Crippen LogP contribution in [0.2, 0.25) is 0 Å². The number of nitrogens with zero attached hydrogens (tertiary/aromatic N) is 4. The second-order valence-electron chi connectivity index (χ2n) is 4.53. The monoisotopic (exact) mass is 355 g/mol. The first kappa shape index (κ1) is 17.8. The maximum absolute atomic E-state index is 12.8. The zero-order valence-corrected chi connectivity index (χ0v) is 12.1. The predicted molar refractivity (Wildman–Crippen MR) is 80.2 cm³/mol. The number of halogens is 3. The number of benzene rings is 1. The average molecular weight is 355 g/mol. The lowest BCUT2D eigenvalue weighted by Crippen LogP contribution is -2.09. The van der Waals surface area contributed by atoms with Crippen molar-refractivity contribution in [2.75, 3.05) is 5.43 Å². The number of nitro groups is 2. The standard InChI is InChI=1S/C13H8F3N5O4/c14-13(15,16)8-5-10(20(22)23)12(11(6-8)21(24)25)19-18-7-9-3-1-2-4-17-9/h1-7,19H. The number of nitrogens with one attached hydrogen (secondary N) is 1. The van der Waals surface area contributed by atoms with Gasteiger partial charge in [-0.3, -0.25) is 30.6 Å². The van der Waals surface area contributed by atoms with Crippen molar-refractivity contribution in [1.29, 1.82) is 0 Å². The van der Waals surface area contributed by atoms with Crippen LogP contribution in [0.3, 0.4) is 0 Å². The number of alkyl halides is 3. The molecule has 1 N–H and O–H groups in total. The fourth-order valence-corrected chi connectivity index (χ4v) is 1.79. The Morgan fingerprint density at radius 1 is 1.12 bits per heavy atom. The summed E-state index contributed by atoms with van der Waals surface area (Å²) >= 11 is 0. The Hall–Kier alpha value is -3.57. The molecule has 2 rings (SSSR count). The van der Waals surface area contributed by atoms with Crippen molar-refractivity contribution >= 4 is 23.3 Å². The van der Waals surface area contributed by atoms with Crippen molar-refractivity contribution in [3.8, 4) is 0 Å². The van der Waals surface area contributed by atoms with Crippen LogP contribution in [0.1, 0.15) is 11.3 Å². The maximum Gasteiger partial charge on any atom is 0.416 e. The summed E-state index contributed by atoms with van der Waals surface area (Å²) in [5, 5.41) is 25.6. The van der Waals surface area contributed by atoms with Crippen LogP contribution in [0.4, 0.5) is 30.2 Å². The molecule has 0 aliphatic heterocycles. The van der Waals surface area contributed by atoms with Gasteiger partial charge in [-0.15, -0.1) is 0 Å². The van der Waals surface area contributed by atoms with Crippen molar-refractivity contribution in [1.82, 2.24) is 4.98 Å². The van der Waals surface area contributed by atoms with Crippen LogP contribution < -0.4 is 5.43 Å². The smallest absolute Gasteiger partial charge is 0.266 e. The number of anilines is 1. The molecule has 25 heavy (non-hydrogen) atoms. The van der Waals surface area contributed by atoms with E-state index in [1.54, 1.807) is 12.1 Å². The third-order valence-corrected chi connectivity index (χ3v) is 2.88. The minimum Gasteiger partial charge on any atom is -0.266 e. The van der Waals surface area contributed by atoms with E-state index in [1.165, 1.54) is 12.3 Å². The molecule has 0 saturated heterocycles. The van der Waals surface area contributed by atoms with E-state index in [9.17, 15) is 33.4 Å². The second-order valence-corrected chi connectivity index (χ2v) is 4.53. The van der Waals surface area contributed by atoms with Crippen molar-refractivity contribution in [2.45, 2.75) is 6.18 Å². The molecular weight excluding hydrogens is 347 g/mol. The van der Waals surface area contributed by atoms with Crippen LogP contribution in [0.25, 0.3) is 0 Å². The summed E-state index contributed by atoms with van der Waals surface area (Å²) in [6.07, 6.45) is -2.44. The Kier molecular flexibility index (Phi) is 4.91. The van der Waals surface area contributed by atoms with E-state index in [0.29, 0.717) is 5.69 Å². The molecule has 0 amide bonds. The molecule has 0 atom stereocenters. The molecule has 0 spiro atoms. The number of nitro benzene ring substituents is 2. The van der Waals surface area contributed by atoms with Gasteiger partial charge in [0, 0.05) is 18.3 Å². The summed E-state index contributed by atoms with van der Waals surface area (Å²) in [6.45, 7) is 0. The SMILES string of the molecule is O=[N+]([O-])c1cc(C(F)(F)F)cc([N+](=O)[O-])c1NN=Cc1ccccn1. The Labute approximate surface area is 137 Å². The van der Waals surface area contributed by atoms with Crippen molar-refractivity contribution in [2.24, 2.45) is 5.10 Å². The van der Waals surface area contributed by atoms with Gasteiger partial charge in [0.2, 0.25) is 5.69 Å². The van der Waals surface area contributed by atoms with E-state index in [1.807, 2.05) is 0 Å². The van der Waals surface area contributed by atoms with E-state index in [2.05, 4.69) is 15.5 Å². The number of pyridine rings is 1. The lowest BCUT2D eigenvalue weighted by Gasteiger charge is -2.09. The van der Waals surface area contributed by atoms with Crippen LogP contribution in [0.15, 0.2) is 41.6 Å². The Balaban J connectivity index is 2.49. The van der Waals surface area contributed by atoms with Gasteiger partial charge in [-0.05, 0) is 12.1 Å². The first-order valence-electron chi connectivity index (χ1n) is 6.44. The fraction of sp³-hybridized carbons (Fsp3) is 0.0769. The van der Waals surface area contributed by atoms with E-state index in [-0.39, 0.29) is 12.1 Å².